The van der Waals surface area contributed by atoms with E-state index in [0.717, 1.165) is 12.1 Å². The van der Waals surface area contributed by atoms with Gasteiger partial charge in [0.15, 0.2) is 75.8 Å². The summed E-state index contributed by atoms with van der Waals surface area (Å²) < 4.78 is 36.0. The smallest absolute Gasteiger partial charge is 0.339 e. The van der Waals surface area contributed by atoms with E-state index in [1.165, 1.54) is 6.07 Å². The Labute approximate surface area is 420 Å². The number of hydrogen-bond acceptors (Lipinski definition) is 27. The van der Waals surface area contributed by atoms with Crippen LogP contribution < -0.4 is 4.74 Å². The summed E-state index contributed by atoms with van der Waals surface area (Å²) in [5.41, 5.74) is -9.51. The zero-order valence-corrected chi connectivity index (χ0v) is 37.8. The van der Waals surface area contributed by atoms with E-state index in [1.54, 1.807) is 0 Å². The van der Waals surface area contributed by atoms with Crippen molar-refractivity contribution in [1.29, 1.82) is 0 Å². The molecule has 7 atom stereocenters. The van der Waals surface area contributed by atoms with E-state index in [2.05, 4.69) is 0 Å². The summed E-state index contributed by atoms with van der Waals surface area (Å²) >= 11 is 0. The van der Waals surface area contributed by atoms with Crippen molar-refractivity contribution in [3.63, 3.8) is 0 Å². The first-order chi connectivity index (χ1) is 35.9. The molecule has 76 heavy (non-hydrogen) atoms. The predicted molar refractivity (Wildman–Crippen MR) is 242 cm³/mol. The van der Waals surface area contributed by atoms with Crippen LogP contribution in [0.5, 0.6) is 97.7 Å². The third kappa shape index (κ3) is 7.43. The zero-order valence-electron chi connectivity index (χ0n) is 37.8. The zero-order chi connectivity index (χ0) is 54.8. The molecule has 0 bridgehead atoms. The molecule has 0 aliphatic carbocycles. The lowest BCUT2D eigenvalue weighted by molar-refractivity contribution is -0.232. The first-order valence-electron chi connectivity index (χ1n) is 21.9. The molecule has 0 amide bonds. The van der Waals surface area contributed by atoms with Crippen LogP contribution in [0.15, 0.2) is 48.5 Å². The number of cyclic esters (lactones) is 1. The van der Waals surface area contributed by atoms with Gasteiger partial charge in [0.25, 0.3) is 0 Å². The van der Waals surface area contributed by atoms with Crippen LogP contribution >= 0.6 is 0 Å². The molecule has 0 radical (unpaired) electrons. The van der Waals surface area contributed by atoms with Gasteiger partial charge in [-0.1, -0.05) is 6.07 Å². The van der Waals surface area contributed by atoms with Crippen LogP contribution in [0.4, 0.5) is 0 Å². The molecule has 0 saturated carbocycles. The Hall–Kier alpha value is -10.3. The van der Waals surface area contributed by atoms with Crippen LogP contribution in [0.2, 0.25) is 0 Å². The fraction of sp³-hybridized carbons (Fsp3) is 0.184. The van der Waals surface area contributed by atoms with E-state index in [1.807, 2.05) is 0 Å². The second-order valence-electron chi connectivity index (χ2n) is 17.6. The van der Waals surface area contributed by atoms with E-state index in [4.69, 9.17) is 28.4 Å². The van der Waals surface area contributed by atoms with Gasteiger partial charge in [0.1, 0.15) is 42.2 Å². The van der Waals surface area contributed by atoms with Gasteiger partial charge in [-0.3, -0.25) is 0 Å². The summed E-state index contributed by atoms with van der Waals surface area (Å²) in [6.45, 7) is -1.24. The number of phenols is 16. The Morgan fingerprint density at radius 2 is 0.829 bits per heavy atom. The van der Waals surface area contributed by atoms with Gasteiger partial charge in [0, 0.05) is 40.3 Å². The van der Waals surface area contributed by atoms with E-state index in [9.17, 15) is 106 Å². The number of esters is 4. The Morgan fingerprint density at radius 1 is 0.395 bits per heavy atom. The van der Waals surface area contributed by atoms with E-state index >= 15 is 0 Å². The number of phenolic OH excluding ortho intramolecular Hbond substituents is 16. The first kappa shape index (κ1) is 49.3. The van der Waals surface area contributed by atoms with Crippen LogP contribution in [-0.2, 0) is 30.1 Å². The summed E-state index contributed by atoms with van der Waals surface area (Å²) in [7, 11) is 0. The van der Waals surface area contributed by atoms with E-state index in [-0.39, 0.29) is 11.1 Å². The third-order valence-corrected chi connectivity index (χ3v) is 13.1. The Bertz CT molecular complexity index is 3570. The Balaban J connectivity index is 1.24. The molecule has 6 aromatic carbocycles. The molecule has 4 heterocycles. The van der Waals surface area contributed by atoms with Gasteiger partial charge < -0.3 is 115 Å². The SMILES string of the molecule is O=C1OCC2OC(c3c(O)cc(O)c4c3OC(c3ccc(O)c(O)c3)C(O)C4)C3OC(=O)c4cc(O)c(O)c(O)c4-c4c(cc(O)c(O)c4O)C(=O)OC3C2OC(=O)c2cc(O)c(O)c(O)c2-c2c1cc(O)c(O)c2O. The average Bonchev–Trinajstić information content (AvgIpc) is 3.40. The second-order valence-corrected chi connectivity index (χ2v) is 17.6. The minimum absolute atomic E-state index is 0.0296. The number of fused-ring (bicyclic) bond motifs is 10. The molecule has 10 rings (SSSR count). The standard InChI is InChI=1S/C49H36O27/c50-17-2-1-11(3-19(17)52)40-25(58)4-12-18(51)9-20(53)31(41(12)73-40)43-45-44(75-48(69)15-7-23(56)34(61)38(65)29(15)30-16(49(70)76-45)8-24(57)35(62)39(30)66)42-26(72-43)10-71-46(67)13-5-21(54)32(59)36(63)27(13)28-14(47(68)74-42)6-22(55)33(60)37(28)64/h1-3,5-9,25-26,40,42-45,50-66H,4,10H2. The van der Waals surface area contributed by atoms with Gasteiger partial charge in [-0.25, -0.2) is 19.2 Å². The highest BCUT2D eigenvalue weighted by Gasteiger charge is 2.57. The Kier molecular flexibility index (Phi) is 11.3. The van der Waals surface area contributed by atoms with Gasteiger partial charge in [-0.15, -0.1) is 0 Å². The molecule has 1 saturated heterocycles. The first-order valence-corrected chi connectivity index (χ1v) is 21.9. The maximum absolute atomic E-state index is 14.9. The normalized spacial score (nSPS) is 21.9. The number of ether oxygens (including phenoxy) is 6. The molecular weight excluding hydrogens is 1020 g/mol. The van der Waals surface area contributed by atoms with E-state index in [0.29, 0.717) is 30.3 Å². The molecule has 0 spiro atoms. The summed E-state index contributed by atoms with van der Waals surface area (Å²) in [6.07, 6.45) is -15.5. The molecule has 7 unspecified atom stereocenters. The number of aliphatic hydroxyl groups excluding tert-OH is 1. The highest BCUT2D eigenvalue weighted by atomic mass is 16.7. The lowest BCUT2D eigenvalue weighted by Crippen LogP contribution is -2.60. The second kappa shape index (κ2) is 17.4. The van der Waals surface area contributed by atoms with Crippen LogP contribution in [0.3, 0.4) is 0 Å². The minimum atomic E-state index is -2.51. The lowest BCUT2D eigenvalue weighted by Gasteiger charge is -2.46. The number of rotatable bonds is 2. The Morgan fingerprint density at radius 3 is 1.29 bits per heavy atom. The van der Waals surface area contributed by atoms with Crippen molar-refractivity contribution in [3.8, 4) is 120 Å². The molecule has 394 valence electrons. The number of hydrogen-bond donors (Lipinski definition) is 17. The monoisotopic (exact) mass is 1060 g/mol. The molecule has 17 N–H and O–H groups in total. The van der Waals surface area contributed by atoms with Crippen molar-refractivity contribution in [2.45, 2.75) is 49.1 Å². The molecule has 27 heteroatoms. The van der Waals surface area contributed by atoms with Crippen molar-refractivity contribution in [2.24, 2.45) is 0 Å². The van der Waals surface area contributed by atoms with Crippen molar-refractivity contribution < 1.29 is 134 Å². The summed E-state index contributed by atoms with van der Waals surface area (Å²) in [4.78, 5) is 58.7. The molecule has 4 aliphatic rings. The minimum Gasteiger partial charge on any atom is -0.507 e. The van der Waals surface area contributed by atoms with E-state index < -0.39 is 227 Å². The number of carbonyl (C=O) groups is 4. The van der Waals surface area contributed by atoms with Crippen molar-refractivity contribution in [2.75, 3.05) is 6.61 Å². The molecule has 6 aromatic rings. The molecule has 4 aliphatic heterocycles. The summed E-state index contributed by atoms with van der Waals surface area (Å²) in [5.74, 6) is -26.8. The molecule has 0 aromatic heterocycles. The number of benzene rings is 6. The fourth-order valence-corrected chi connectivity index (χ4v) is 9.54. The third-order valence-electron chi connectivity index (χ3n) is 13.1. The quantitative estimate of drug-likeness (QED) is 0.0673. The number of aliphatic hydroxyl groups is 1. The summed E-state index contributed by atoms with van der Waals surface area (Å²) in [6, 6.07) is 5.75. The van der Waals surface area contributed by atoms with Crippen molar-refractivity contribution >= 4 is 23.9 Å². The van der Waals surface area contributed by atoms with Gasteiger partial charge in [0.05, 0.1) is 33.9 Å². The predicted octanol–water partition coefficient (Wildman–Crippen LogP) is 2.95. The molecule has 1 fully saturated rings. The van der Waals surface area contributed by atoms with Crippen LogP contribution in [0.1, 0.15) is 70.3 Å². The molecular formula is C49H36O27. The van der Waals surface area contributed by atoms with Crippen molar-refractivity contribution in [1.82, 2.24) is 0 Å². The maximum atomic E-state index is 14.9. The van der Waals surface area contributed by atoms with Gasteiger partial charge in [0.2, 0.25) is 23.0 Å². The lowest BCUT2D eigenvalue weighted by atomic mass is 9.85. The maximum Gasteiger partial charge on any atom is 0.339 e. The van der Waals surface area contributed by atoms with Gasteiger partial charge in [-0.2, -0.15) is 0 Å². The largest absolute Gasteiger partial charge is 0.507 e. The highest BCUT2D eigenvalue weighted by molar-refractivity contribution is 6.10. The van der Waals surface area contributed by atoms with Gasteiger partial charge >= 0.3 is 23.9 Å². The number of aromatic hydroxyl groups is 16. The molecule has 27 nitrogen and oxygen atoms in total. The number of carbonyl (C=O) groups excluding carboxylic acids is 4. The van der Waals surface area contributed by atoms with Crippen LogP contribution in [0.25, 0.3) is 22.3 Å². The fourth-order valence-electron chi connectivity index (χ4n) is 9.54. The highest BCUT2D eigenvalue weighted by Crippen LogP contribution is 2.57. The van der Waals surface area contributed by atoms with Gasteiger partial charge in [-0.05, 0) is 42.0 Å². The van der Waals surface area contributed by atoms with Crippen molar-refractivity contribution in [3.05, 3.63) is 87.5 Å². The topological polar surface area (TPSA) is 468 Å². The summed E-state index contributed by atoms with van der Waals surface area (Å²) in [5, 5.41) is 185. The average molecular weight is 1060 g/mol. The van der Waals surface area contributed by atoms with Crippen LogP contribution in [-0.4, -0.2) is 148 Å². The van der Waals surface area contributed by atoms with Crippen LogP contribution in [0, 0.1) is 0 Å².